The van der Waals surface area contributed by atoms with Crippen molar-refractivity contribution in [3.05, 3.63) is 35.9 Å². The van der Waals surface area contributed by atoms with E-state index in [0.29, 0.717) is 24.7 Å². The molecule has 0 radical (unpaired) electrons. The molecule has 0 amide bonds. The number of aliphatic hydroxyl groups is 1. The van der Waals surface area contributed by atoms with E-state index < -0.39 is 5.60 Å². The summed E-state index contributed by atoms with van der Waals surface area (Å²) in [6.45, 7) is 2.38. The number of benzene rings is 1. The van der Waals surface area contributed by atoms with Gasteiger partial charge < -0.3 is 10.8 Å². The molecule has 3 heteroatoms. The van der Waals surface area contributed by atoms with Crippen molar-refractivity contribution in [1.82, 2.24) is 0 Å². The van der Waals surface area contributed by atoms with Gasteiger partial charge in [-0.2, -0.15) is 0 Å². The summed E-state index contributed by atoms with van der Waals surface area (Å²) in [7, 11) is 0. The van der Waals surface area contributed by atoms with Crippen LogP contribution in [0.2, 0.25) is 0 Å². The Bertz CT molecular complexity index is 434. The Kier molecular flexibility index (Phi) is 5.18. The molecule has 20 heavy (non-hydrogen) atoms. The van der Waals surface area contributed by atoms with Gasteiger partial charge in [-0.25, -0.2) is 0 Å². The second-order valence-electron chi connectivity index (χ2n) is 5.90. The first-order valence-electron chi connectivity index (χ1n) is 7.67. The van der Waals surface area contributed by atoms with Crippen molar-refractivity contribution in [3.8, 4) is 0 Å². The van der Waals surface area contributed by atoms with Crippen molar-refractivity contribution in [2.24, 2.45) is 16.6 Å². The molecule has 1 atom stereocenters. The molecule has 0 aliphatic heterocycles. The number of amidine groups is 1. The van der Waals surface area contributed by atoms with E-state index in [1.165, 1.54) is 19.3 Å². The van der Waals surface area contributed by atoms with Gasteiger partial charge in [-0.3, -0.25) is 4.99 Å². The SMILES string of the molecule is CC(N)=NCCC(O)(c1ccccc1)C1CCCCC1. The van der Waals surface area contributed by atoms with E-state index in [2.05, 4.69) is 4.99 Å². The molecular formula is C17H26N2O. The lowest BCUT2D eigenvalue weighted by molar-refractivity contribution is -0.0439. The first-order chi connectivity index (χ1) is 9.63. The van der Waals surface area contributed by atoms with Gasteiger partial charge in [0.05, 0.1) is 11.4 Å². The first kappa shape index (κ1) is 15.0. The maximum atomic E-state index is 11.3. The monoisotopic (exact) mass is 274 g/mol. The summed E-state index contributed by atoms with van der Waals surface area (Å²) in [4.78, 5) is 4.26. The molecule has 3 N–H and O–H groups in total. The summed E-state index contributed by atoms with van der Waals surface area (Å²) in [6, 6.07) is 10.1. The number of nitrogens with zero attached hydrogens (tertiary/aromatic N) is 1. The van der Waals surface area contributed by atoms with Crippen molar-refractivity contribution in [2.75, 3.05) is 6.54 Å². The molecule has 0 bridgehead atoms. The van der Waals surface area contributed by atoms with Crippen molar-refractivity contribution in [3.63, 3.8) is 0 Å². The van der Waals surface area contributed by atoms with Gasteiger partial charge in [-0.05, 0) is 31.2 Å². The lowest BCUT2D eigenvalue weighted by Gasteiger charge is -2.39. The van der Waals surface area contributed by atoms with Crippen molar-refractivity contribution in [1.29, 1.82) is 0 Å². The van der Waals surface area contributed by atoms with E-state index in [1.807, 2.05) is 30.3 Å². The zero-order valence-corrected chi connectivity index (χ0v) is 12.4. The van der Waals surface area contributed by atoms with E-state index in [0.717, 1.165) is 18.4 Å². The molecule has 0 saturated heterocycles. The number of hydrogen-bond acceptors (Lipinski definition) is 2. The minimum atomic E-state index is -0.763. The van der Waals surface area contributed by atoms with Crippen molar-refractivity contribution >= 4 is 5.84 Å². The van der Waals surface area contributed by atoms with Crippen molar-refractivity contribution in [2.45, 2.75) is 51.0 Å². The second-order valence-corrected chi connectivity index (χ2v) is 5.90. The summed E-state index contributed by atoms with van der Waals surface area (Å²) in [5.74, 6) is 0.927. The van der Waals surface area contributed by atoms with E-state index in [1.54, 1.807) is 6.92 Å². The number of hydrogen-bond donors (Lipinski definition) is 2. The van der Waals surface area contributed by atoms with Crippen LogP contribution in [0, 0.1) is 5.92 Å². The first-order valence-corrected chi connectivity index (χ1v) is 7.67. The van der Waals surface area contributed by atoms with Gasteiger partial charge >= 0.3 is 0 Å². The Morgan fingerprint density at radius 2 is 1.90 bits per heavy atom. The standard InChI is InChI=1S/C17H26N2O/c1-14(18)19-13-12-17(20,15-8-4-2-5-9-15)16-10-6-3-7-11-16/h2,4-5,8-9,16,20H,3,6-7,10-13H2,1H3,(H2,18,19). The average Bonchev–Trinajstić information content (AvgIpc) is 2.48. The lowest BCUT2D eigenvalue weighted by atomic mass is 9.72. The molecule has 0 heterocycles. The molecule has 1 aliphatic carbocycles. The van der Waals surface area contributed by atoms with Gasteiger partial charge in [0.1, 0.15) is 0 Å². The third-order valence-corrected chi connectivity index (χ3v) is 4.41. The highest BCUT2D eigenvalue weighted by Gasteiger charge is 2.38. The molecule has 1 saturated carbocycles. The van der Waals surface area contributed by atoms with Crippen LogP contribution in [0.15, 0.2) is 35.3 Å². The fourth-order valence-electron chi connectivity index (χ4n) is 3.29. The molecule has 1 fully saturated rings. The van der Waals surface area contributed by atoms with Crippen molar-refractivity contribution < 1.29 is 5.11 Å². The largest absolute Gasteiger partial charge is 0.388 e. The molecule has 0 aromatic heterocycles. The van der Waals surface area contributed by atoms with Gasteiger partial charge in [-0.15, -0.1) is 0 Å². The molecule has 110 valence electrons. The van der Waals surface area contributed by atoms with Crippen LogP contribution in [0.5, 0.6) is 0 Å². The van der Waals surface area contributed by atoms with Gasteiger partial charge in [0.2, 0.25) is 0 Å². The summed E-state index contributed by atoms with van der Waals surface area (Å²) < 4.78 is 0. The molecular weight excluding hydrogens is 248 g/mol. The third kappa shape index (κ3) is 3.60. The predicted molar refractivity (Wildman–Crippen MR) is 83.7 cm³/mol. The Labute approximate surface area is 121 Å². The average molecular weight is 274 g/mol. The summed E-state index contributed by atoms with van der Waals surface area (Å²) in [5.41, 5.74) is 5.87. The molecule has 2 rings (SSSR count). The van der Waals surface area contributed by atoms with E-state index in [-0.39, 0.29) is 0 Å². The van der Waals surface area contributed by atoms with Gasteiger partial charge in [0.15, 0.2) is 0 Å². The highest BCUT2D eigenvalue weighted by molar-refractivity contribution is 5.77. The smallest absolute Gasteiger partial charge is 0.0942 e. The minimum Gasteiger partial charge on any atom is -0.388 e. The fraction of sp³-hybridized carbons (Fsp3) is 0.588. The highest BCUT2D eigenvalue weighted by Crippen LogP contribution is 2.41. The summed E-state index contributed by atoms with van der Waals surface area (Å²) >= 11 is 0. The Hall–Kier alpha value is -1.35. The van der Waals surface area contributed by atoms with Gasteiger partial charge in [-0.1, -0.05) is 49.6 Å². The topological polar surface area (TPSA) is 58.6 Å². The zero-order chi connectivity index (χ0) is 14.4. The van der Waals surface area contributed by atoms with Crippen LogP contribution in [0.25, 0.3) is 0 Å². The molecule has 1 aromatic carbocycles. The maximum Gasteiger partial charge on any atom is 0.0942 e. The Morgan fingerprint density at radius 3 is 2.50 bits per heavy atom. The van der Waals surface area contributed by atoms with E-state index in [9.17, 15) is 5.11 Å². The minimum absolute atomic E-state index is 0.340. The highest BCUT2D eigenvalue weighted by atomic mass is 16.3. The Balaban J connectivity index is 2.20. The van der Waals surface area contributed by atoms with Crippen LogP contribution in [-0.2, 0) is 5.60 Å². The van der Waals surface area contributed by atoms with Crippen LogP contribution in [0.3, 0.4) is 0 Å². The third-order valence-electron chi connectivity index (χ3n) is 4.41. The van der Waals surface area contributed by atoms with Crippen LogP contribution in [-0.4, -0.2) is 17.5 Å². The van der Waals surface area contributed by atoms with Crippen LogP contribution >= 0.6 is 0 Å². The molecule has 0 spiro atoms. The molecule has 1 aromatic rings. The van der Waals surface area contributed by atoms with E-state index >= 15 is 0 Å². The fourth-order valence-corrected chi connectivity index (χ4v) is 3.29. The predicted octanol–water partition coefficient (Wildman–Crippen LogP) is 3.22. The summed E-state index contributed by atoms with van der Waals surface area (Å²) in [5, 5.41) is 11.3. The molecule has 1 aliphatic rings. The molecule has 1 unspecified atom stereocenters. The molecule has 3 nitrogen and oxygen atoms in total. The van der Waals surface area contributed by atoms with Gasteiger partial charge in [0, 0.05) is 13.0 Å². The normalized spacial score (nSPS) is 20.6. The number of rotatable bonds is 5. The Morgan fingerprint density at radius 1 is 1.25 bits per heavy atom. The van der Waals surface area contributed by atoms with Gasteiger partial charge in [0.25, 0.3) is 0 Å². The second kappa shape index (κ2) is 6.89. The van der Waals surface area contributed by atoms with Crippen LogP contribution in [0.1, 0.15) is 51.0 Å². The van der Waals surface area contributed by atoms with Crippen LogP contribution < -0.4 is 5.73 Å². The van der Waals surface area contributed by atoms with Crippen LogP contribution in [0.4, 0.5) is 0 Å². The number of nitrogens with two attached hydrogens (primary N) is 1. The summed E-state index contributed by atoms with van der Waals surface area (Å²) in [6.07, 6.45) is 6.60. The quantitative estimate of drug-likeness (QED) is 0.640. The lowest BCUT2D eigenvalue weighted by Crippen LogP contribution is -2.37. The zero-order valence-electron chi connectivity index (χ0n) is 12.4. The number of aliphatic imine (C=N–C) groups is 1. The van der Waals surface area contributed by atoms with E-state index in [4.69, 9.17) is 5.73 Å². The maximum absolute atomic E-state index is 11.3.